The average molecular weight is 159 g/mol. The molecule has 0 unspecified atom stereocenters. The van der Waals surface area contributed by atoms with Crippen molar-refractivity contribution in [2.24, 2.45) is 0 Å². The molecule has 0 aliphatic rings. The highest BCUT2D eigenvalue weighted by Gasteiger charge is 1.90. The Kier molecular flexibility index (Phi) is 2.70. The third kappa shape index (κ3) is 2.27. The fourth-order valence-corrected chi connectivity index (χ4v) is 0.959. The summed E-state index contributed by atoms with van der Waals surface area (Å²) in [6, 6.07) is 8.13. The lowest BCUT2D eigenvalue weighted by molar-refractivity contribution is 1.43. The van der Waals surface area contributed by atoms with Crippen LogP contribution in [-0.4, -0.2) is 0 Å². The first-order chi connectivity index (χ1) is 5.72. The normalized spacial score (nSPS) is 9.08. The molecule has 0 aliphatic carbocycles. The maximum Gasteiger partial charge on any atom is 0.0386 e. The van der Waals surface area contributed by atoms with Gasteiger partial charge in [-0.1, -0.05) is 25.3 Å². The van der Waals surface area contributed by atoms with Crippen LogP contribution < -0.4 is 5.32 Å². The van der Waals surface area contributed by atoms with Crippen molar-refractivity contribution in [2.45, 2.75) is 6.92 Å². The first-order valence-electron chi connectivity index (χ1n) is 3.87. The smallest absolute Gasteiger partial charge is 0.0386 e. The van der Waals surface area contributed by atoms with Gasteiger partial charge in [-0.25, -0.2) is 0 Å². The Balaban J connectivity index is 2.76. The van der Waals surface area contributed by atoms with Crippen LogP contribution in [0.25, 0.3) is 0 Å². The van der Waals surface area contributed by atoms with Gasteiger partial charge in [0, 0.05) is 11.4 Å². The van der Waals surface area contributed by atoms with Gasteiger partial charge in [-0.3, -0.25) is 0 Å². The van der Waals surface area contributed by atoms with E-state index in [1.54, 1.807) is 6.08 Å². The molecule has 1 N–H and O–H groups in total. The fraction of sp³-hybridized carbons (Fsp3) is 0.0909. The molecule has 0 aliphatic heterocycles. The summed E-state index contributed by atoms with van der Waals surface area (Å²) in [4.78, 5) is 0. The molecule has 12 heavy (non-hydrogen) atoms. The van der Waals surface area contributed by atoms with Crippen LogP contribution in [0.5, 0.6) is 0 Å². The van der Waals surface area contributed by atoms with Gasteiger partial charge in [0.2, 0.25) is 0 Å². The molecular formula is C11H13N. The molecule has 0 radical (unpaired) electrons. The van der Waals surface area contributed by atoms with Gasteiger partial charge in [-0.15, -0.1) is 0 Å². The quantitative estimate of drug-likeness (QED) is 0.668. The van der Waals surface area contributed by atoms with E-state index in [2.05, 4.69) is 37.5 Å². The van der Waals surface area contributed by atoms with Gasteiger partial charge in [0.05, 0.1) is 0 Å². The van der Waals surface area contributed by atoms with Crippen LogP contribution in [-0.2, 0) is 0 Å². The Labute approximate surface area is 73.4 Å². The molecular weight excluding hydrogens is 146 g/mol. The van der Waals surface area contributed by atoms with Gasteiger partial charge in [0.15, 0.2) is 0 Å². The van der Waals surface area contributed by atoms with Gasteiger partial charge in [-0.2, -0.15) is 0 Å². The predicted molar refractivity (Wildman–Crippen MR) is 54.1 cm³/mol. The molecule has 0 amide bonds. The third-order valence-corrected chi connectivity index (χ3v) is 1.57. The predicted octanol–water partition coefficient (Wildman–Crippen LogP) is 3.11. The van der Waals surface area contributed by atoms with E-state index in [-0.39, 0.29) is 0 Å². The summed E-state index contributed by atoms with van der Waals surface area (Å²) in [6.07, 6.45) is 1.70. The summed E-state index contributed by atoms with van der Waals surface area (Å²) in [6.45, 7) is 9.44. The third-order valence-electron chi connectivity index (χ3n) is 1.57. The standard InChI is InChI=1S/C11H13N/c1-4-10(3)12-11-7-5-6-9(2)8-11/h4-8,12H,1,3H2,2H3. The molecule has 1 heteroatoms. The molecule has 1 aromatic carbocycles. The largest absolute Gasteiger partial charge is 0.356 e. The number of anilines is 1. The van der Waals surface area contributed by atoms with E-state index in [1.807, 2.05) is 12.1 Å². The molecule has 0 bridgehead atoms. The van der Waals surface area contributed by atoms with Crippen molar-refractivity contribution in [2.75, 3.05) is 5.32 Å². The molecule has 0 spiro atoms. The van der Waals surface area contributed by atoms with Crippen LogP contribution in [0, 0.1) is 6.92 Å². The minimum absolute atomic E-state index is 0.820. The van der Waals surface area contributed by atoms with Crippen LogP contribution in [0.1, 0.15) is 5.56 Å². The Bertz CT molecular complexity index is 300. The number of hydrogen-bond donors (Lipinski definition) is 1. The lowest BCUT2D eigenvalue weighted by Gasteiger charge is -2.05. The second-order valence-corrected chi connectivity index (χ2v) is 2.72. The summed E-state index contributed by atoms with van der Waals surface area (Å²) < 4.78 is 0. The summed E-state index contributed by atoms with van der Waals surface area (Å²) in [7, 11) is 0. The SMILES string of the molecule is C=CC(=C)Nc1cccc(C)c1. The van der Waals surface area contributed by atoms with Crippen LogP contribution in [0.4, 0.5) is 5.69 Å². The van der Waals surface area contributed by atoms with E-state index in [0.717, 1.165) is 11.4 Å². The first kappa shape index (κ1) is 8.60. The maximum absolute atomic E-state index is 3.77. The molecule has 62 valence electrons. The number of allylic oxidation sites excluding steroid dienone is 1. The highest BCUT2D eigenvalue weighted by molar-refractivity contribution is 5.51. The molecule has 0 saturated carbocycles. The minimum Gasteiger partial charge on any atom is -0.356 e. The highest BCUT2D eigenvalue weighted by Crippen LogP contribution is 2.11. The molecule has 0 atom stereocenters. The zero-order valence-corrected chi connectivity index (χ0v) is 7.30. The van der Waals surface area contributed by atoms with Crippen LogP contribution in [0.15, 0.2) is 49.2 Å². The lowest BCUT2D eigenvalue weighted by atomic mass is 10.2. The van der Waals surface area contributed by atoms with Crippen LogP contribution in [0.2, 0.25) is 0 Å². The second kappa shape index (κ2) is 3.77. The molecule has 0 fully saturated rings. The number of hydrogen-bond acceptors (Lipinski definition) is 1. The van der Waals surface area contributed by atoms with Gasteiger partial charge in [0.1, 0.15) is 0 Å². The van der Waals surface area contributed by atoms with E-state index in [9.17, 15) is 0 Å². The molecule has 0 aromatic heterocycles. The summed E-state index contributed by atoms with van der Waals surface area (Å²) in [5, 5.41) is 3.12. The van der Waals surface area contributed by atoms with Crippen molar-refractivity contribution >= 4 is 5.69 Å². The van der Waals surface area contributed by atoms with E-state index in [0.29, 0.717) is 0 Å². The molecule has 1 aromatic rings. The Morgan fingerprint density at radius 3 is 2.83 bits per heavy atom. The van der Waals surface area contributed by atoms with Gasteiger partial charge < -0.3 is 5.32 Å². The fourth-order valence-electron chi connectivity index (χ4n) is 0.959. The van der Waals surface area contributed by atoms with Gasteiger partial charge >= 0.3 is 0 Å². The van der Waals surface area contributed by atoms with Crippen molar-refractivity contribution in [1.82, 2.24) is 0 Å². The van der Waals surface area contributed by atoms with Crippen molar-refractivity contribution in [3.63, 3.8) is 0 Å². The topological polar surface area (TPSA) is 12.0 Å². The Morgan fingerprint density at radius 2 is 2.25 bits per heavy atom. The number of nitrogens with one attached hydrogen (secondary N) is 1. The Hall–Kier alpha value is -1.50. The van der Waals surface area contributed by atoms with Crippen molar-refractivity contribution in [1.29, 1.82) is 0 Å². The van der Waals surface area contributed by atoms with Crippen molar-refractivity contribution < 1.29 is 0 Å². The second-order valence-electron chi connectivity index (χ2n) is 2.72. The molecule has 0 saturated heterocycles. The minimum atomic E-state index is 0.820. The van der Waals surface area contributed by atoms with Gasteiger partial charge in [0.25, 0.3) is 0 Å². The maximum atomic E-state index is 3.77. The molecule has 1 rings (SSSR count). The number of aryl methyl sites for hydroxylation is 1. The van der Waals surface area contributed by atoms with E-state index >= 15 is 0 Å². The average Bonchev–Trinajstić information content (AvgIpc) is 2.04. The van der Waals surface area contributed by atoms with Crippen LogP contribution in [0.3, 0.4) is 0 Å². The molecule has 1 nitrogen and oxygen atoms in total. The van der Waals surface area contributed by atoms with Crippen molar-refractivity contribution in [3.05, 3.63) is 54.8 Å². The zero-order valence-electron chi connectivity index (χ0n) is 7.30. The van der Waals surface area contributed by atoms with E-state index in [4.69, 9.17) is 0 Å². The summed E-state index contributed by atoms with van der Waals surface area (Å²) >= 11 is 0. The van der Waals surface area contributed by atoms with Crippen molar-refractivity contribution in [3.8, 4) is 0 Å². The number of rotatable bonds is 3. The molecule has 0 heterocycles. The van der Waals surface area contributed by atoms with E-state index in [1.165, 1.54) is 5.56 Å². The first-order valence-corrected chi connectivity index (χ1v) is 3.87. The van der Waals surface area contributed by atoms with Crippen LogP contribution >= 0.6 is 0 Å². The van der Waals surface area contributed by atoms with Gasteiger partial charge in [-0.05, 0) is 30.7 Å². The number of benzene rings is 1. The Morgan fingerprint density at radius 1 is 1.50 bits per heavy atom. The summed E-state index contributed by atoms with van der Waals surface area (Å²) in [5.74, 6) is 0. The highest BCUT2D eigenvalue weighted by atomic mass is 14.9. The lowest BCUT2D eigenvalue weighted by Crippen LogP contribution is -1.94. The summed E-state index contributed by atoms with van der Waals surface area (Å²) in [5.41, 5.74) is 3.11. The monoisotopic (exact) mass is 159 g/mol. The van der Waals surface area contributed by atoms with E-state index < -0.39 is 0 Å². The zero-order chi connectivity index (χ0) is 8.97.